The van der Waals surface area contributed by atoms with Crippen molar-refractivity contribution in [2.75, 3.05) is 25.6 Å². The van der Waals surface area contributed by atoms with Crippen LogP contribution in [0.4, 0.5) is 5.69 Å². The van der Waals surface area contributed by atoms with Crippen LogP contribution < -0.4 is 15.4 Å². The van der Waals surface area contributed by atoms with Crippen LogP contribution in [0.5, 0.6) is 5.75 Å². The summed E-state index contributed by atoms with van der Waals surface area (Å²) in [6.45, 7) is 0.998. The summed E-state index contributed by atoms with van der Waals surface area (Å²) in [5.41, 5.74) is 1.93. The number of carbonyl (C=O) groups excluding carboxylic acids is 1. The Morgan fingerprint density at radius 3 is 3.14 bits per heavy atom. The molecule has 5 nitrogen and oxygen atoms in total. The second kappa shape index (κ2) is 6.45. The molecular formula is C16H22N2O3. The van der Waals surface area contributed by atoms with E-state index in [0.29, 0.717) is 6.10 Å². The number of carbonyl (C=O) groups is 1. The van der Waals surface area contributed by atoms with Crippen molar-refractivity contribution in [3.05, 3.63) is 23.8 Å². The van der Waals surface area contributed by atoms with Crippen molar-refractivity contribution in [2.45, 2.75) is 37.8 Å². The molecule has 3 rings (SSSR count). The van der Waals surface area contributed by atoms with E-state index in [1.165, 1.54) is 18.4 Å². The normalized spacial score (nSPS) is 22.3. The average Bonchev–Trinajstić information content (AvgIpc) is 3.01. The molecule has 21 heavy (non-hydrogen) atoms. The van der Waals surface area contributed by atoms with Crippen molar-refractivity contribution in [2.24, 2.45) is 0 Å². The molecule has 0 spiro atoms. The maximum Gasteiger partial charge on any atom is 0.262 e. The molecule has 1 saturated heterocycles. The van der Waals surface area contributed by atoms with E-state index in [-0.39, 0.29) is 18.6 Å². The smallest absolute Gasteiger partial charge is 0.262 e. The molecule has 0 radical (unpaired) electrons. The van der Waals surface area contributed by atoms with E-state index in [0.717, 1.165) is 30.9 Å². The molecule has 114 valence electrons. The van der Waals surface area contributed by atoms with Crippen LogP contribution in [0.2, 0.25) is 0 Å². The number of rotatable bonds is 5. The summed E-state index contributed by atoms with van der Waals surface area (Å²) in [5.74, 6) is 0.646. The van der Waals surface area contributed by atoms with E-state index in [2.05, 4.69) is 16.7 Å². The first kappa shape index (κ1) is 14.4. The maximum absolute atomic E-state index is 11.4. The number of nitrogens with one attached hydrogen (secondary N) is 2. The molecule has 2 atom stereocenters. The van der Waals surface area contributed by atoms with E-state index in [1.807, 2.05) is 19.2 Å². The van der Waals surface area contributed by atoms with Crippen molar-refractivity contribution in [1.29, 1.82) is 0 Å². The topological polar surface area (TPSA) is 59.6 Å². The fraction of sp³-hybridized carbons (Fsp3) is 0.562. The highest BCUT2D eigenvalue weighted by atomic mass is 16.5. The van der Waals surface area contributed by atoms with Gasteiger partial charge in [0, 0.05) is 12.6 Å². The maximum atomic E-state index is 11.4. The van der Waals surface area contributed by atoms with Gasteiger partial charge in [-0.3, -0.25) is 4.79 Å². The lowest BCUT2D eigenvalue weighted by molar-refractivity contribution is -0.118. The Morgan fingerprint density at radius 2 is 2.38 bits per heavy atom. The van der Waals surface area contributed by atoms with Crippen LogP contribution in [0.25, 0.3) is 0 Å². The van der Waals surface area contributed by atoms with Gasteiger partial charge >= 0.3 is 0 Å². The molecule has 0 bridgehead atoms. The van der Waals surface area contributed by atoms with E-state index < -0.39 is 0 Å². The van der Waals surface area contributed by atoms with E-state index in [1.54, 1.807) is 0 Å². The molecule has 1 fully saturated rings. The summed E-state index contributed by atoms with van der Waals surface area (Å²) in [6.07, 6.45) is 4.84. The highest BCUT2D eigenvalue weighted by Gasteiger charge is 2.20. The van der Waals surface area contributed by atoms with Gasteiger partial charge in [0.2, 0.25) is 0 Å². The minimum absolute atomic E-state index is 0.0972. The molecular weight excluding hydrogens is 268 g/mol. The lowest BCUT2D eigenvalue weighted by Gasteiger charge is -2.22. The van der Waals surface area contributed by atoms with Gasteiger partial charge in [0.05, 0.1) is 11.8 Å². The zero-order valence-electron chi connectivity index (χ0n) is 12.4. The van der Waals surface area contributed by atoms with Gasteiger partial charge in [-0.2, -0.15) is 0 Å². The van der Waals surface area contributed by atoms with E-state index >= 15 is 0 Å². The van der Waals surface area contributed by atoms with Crippen LogP contribution in [-0.2, 0) is 9.53 Å². The van der Waals surface area contributed by atoms with Crippen LogP contribution in [0.1, 0.15) is 37.3 Å². The highest BCUT2D eigenvalue weighted by molar-refractivity contribution is 5.95. The molecule has 1 aromatic carbocycles. The molecule has 0 aliphatic carbocycles. The Bertz CT molecular complexity index is 512. The third-order valence-electron chi connectivity index (χ3n) is 4.19. The summed E-state index contributed by atoms with van der Waals surface area (Å²) in [7, 11) is 1.97. The van der Waals surface area contributed by atoms with Crippen molar-refractivity contribution in [3.8, 4) is 5.75 Å². The Balaban J connectivity index is 1.68. The van der Waals surface area contributed by atoms with E-state index in [9.17, 15) is 4.79 Å². The van der Waals surface area contributed by atoms with E-state index in [4.69, 9.17) is 9.47 Å². The monoisotopic (exact) mass is 290 g/mol. The number of amides is 1. The number of benzene rings is 1. The summed E-state index contributed by atoms with van der Waals surface area (Å²) in [6, 6.07) is 6.26. The van der Waals surface area contributed by atoms with Gasteiger partial charge in [-0.15, -0.1) is 0 Å². The lowest BCUT2D eigenvalue weighted by atomic mass is 9.98. The third kappa shape index (κ3) is 3.36. The zero-order chi connectivity index (χ0) is 14.7. The summed E-state index contributed by atoms with van der Waals surface area (Å²) >= 11 is 0. The fourth-order valence-electron chi connectivity index (χ4n) is 3.02. The fourth-order valence-corrected chi connectivity index (χ4v) is 3.02. The highest BCUT2D eigenvalue weighted by Crippen LogP contribution is 2.32. The van der Waals surface area contributed by atoms with Gasteiger partial charge < -0.3 is 20.1 Å². The first-order valence-electron chi connectivity index (χ1n) is 7.61. The molecule has 2 unspecified atom stereocenters. The quantitative estimate of drug-likeness (QED) is 0.873. The van der Waals surface area contributed by atoms with Crippen LogP contribution in [0.15, 0.2) is 18.2 Å². The Labute approximate surface area is 125 Å². The first-order chi connectivity index (χ1) is 10.3. The molecule has 2 aliphatic rings. The Kier molecular flexibility index (Phi) is 4.41. The predicted octanol–water partition coefficient (Wildman–Crippen LogP) is 2.24. The Morgan fingerprint density at radius 1 is 1.48 bits per heavy atom. The Hall–Kier alpha value is -1.59. The molecule has 2 N–H and O–H groups in total. The van der Waals surface area contributed by atoms with Crippen molar-refractivity contribution < 1.29 is 14.3 Å². The number of hydrogen-bond acceptors (Lipinski definition) is 4. The zero-order valence-corrected chi connectivity index (χ0v) is 12.4. The SMILES string of the molecule is CNC(CCC1CCCO1)c1ccc2c(c1)NC(=O)CO2. The number of anilines is 1. The van der Waals surface area contributed by atoms with Gasteiger partial charge in [0.25, 0.3) is 5.91 Å². The standard InChI is InChI=1S/C16H22N2O3/c1-17-13(6-5-12-3-2-8-20-12)11-4-7-15-14(9-11)18-16(19)10-21-15/h4,7,9,12-13,17H,2-3,5-6,8,10H2,1H3,(H,18,19). The molecule has 0 aromatic heterocycles. The largest absolute Gasteiger partial charge is 0.482 e. The number of ether oxygens (including phenoxy) is 2. The first-order valence-corrected chi connectivity index (χ1v) is 7.61. The molecule has 0 saturated carbocycles. The summed E-state index contributed by atoms with van der Waals surface area (Å²) in [5, 5.41) is 6.21. The molecule has 1 amide bonds. The summed E-state index contributed by atoms with van der Waals surface area (Å²) in [4.78, 5) is 11.4. The van der Waals surface area contributed by atoms with Gasteiger partial charge in [0.15, 0.2) is 6.61 Å². The van der Waals surface area contributed by atoms with Crippen molar-refractivity contribution >= 4 is 11.6 Å². The molecule has 1 aromatic rings. The van der Waals surface area contributed by atoms with Crippen molar-refractivity contribution in [3.63, 3.8) is 0 Å². The van der Waals surface area contributed by atoms with Crippen LogP contribution >= 0.6 is 0 Å². The predicted molar refractivity (Wildman–Crippen MR) is 80.6 cm³/mol. The second-order valence-electron chi connectivity index (χ2n) is 5.65. The molecule has 2 heterocycles. The van der Waals surface area contributed by atoms with Gasteiger partial charge in [-0.1, -0.05) is 6.07 Å². The lowest BCUT2D eigenvalue weighted by Crippen LogP contribution is -2.26. The van der Waals surface area contributed by atoms with Gasteiger partial charge in [-0.25, -0.2) is 0 Å². The van der Waals surface area contributed by atoms with Crippen molar-refractivity contribution in [1.82, 2.24) is 5.32 Å². The van der Waals surface area contributed by atoms with Gasteiger partial charge in [-0.05, 0) is 50.4 Å². The number of hydrogen-bond donors (Lipinski definition) is 2. The molecule has 2 aliphatic heterocycles. The van der Waals surface area contributed by atoms with Crippen LogP contribution in [-0.4, -0.2) is 32.3 Å². The minimum atomic E-state index is -0.0972. The summed E-state index contributed by atoms with van der Waals surface area (Å²) < 4.78 is 11.1. The minimum Gasteiger partial charge on any atom is -0.482 e. The van der Waals surface area contributed by atoms with Crippen LogP contribution in [0, 0.1) is 0 Å². The van der Waals surface area contributed by atoms with Crippen LogP contribution in [0.3, 0.4) is 0 Å². The third-order valence-corrected chi connectivity index (χ3v) is 4.19. The molecule has 5 heteroatoms. The average molecular weight is 290 g/mol. The number of fused-ring (bicyclic) bond motifs is 1. The van der Waals surface area contributed by atoms with Gasteiger partial charge in [0.1, 0.15) is 5.75 Å². The second-order valence-corrected chi connectivity index (χ2v) is 5.65.